The molecule has 4 nitrogen and oxygen atoms in total. The largest absolute Gasteiger partial charge is 0.493 e. The second-order valence-electron chi connectivity index (χ2n) is 3.60. The van der Waals surface area contributed by atoms with Crippen molar-refractivity contribution in [2.24, 2.45) is 0 Å². The fraction of sp³-hybridized carbons (Fsp3) is 0.231. The summed E-state index contributed by atoms with van der Waals surface area (Å²) in [5, 5.41) is 17.2. The van der Waals surface area contributed by atoms with Gasteiger partial charge in [-0.1, -0.05) is 6.07 Å². The number of alkyl halides is 3. The average molecular weight is 282 g/mol. The summed E-state index contributed by atoms with van der Waals surface area (Å²) in [7, 11) is 1.28. The maximum Gasteiger partial charge on any atom is 0.422 e. The van der Waals surface area contributed by atoms with Crippen LogP contribution in [0.25, 0.3) is 6.08 Å². The molecule has 0 heterocycles. The fourth-order valence-corrected chi connectivity index (χ4v) is 1.31. The molecule has 104 valence electrons. The van der Waals surface area contributed by atoms with Gasteiger partial charge in [0.2, 0.25) is 0 Å². The Morgan fingerprint density at radius 2 is 1.90 bits per heavy atom. The molecule has 20 heavy (non-hydrogen) atoms. The molecule has 0 spiro atoms. The third kappa shape index (κ3) is 4.54. The van der Waals surface area contributed by atoms with Crippen molar-refractivity contribution in [1.82, 2.24) is 0 Å². The van der Waals surface area contributed by atoms with E-state index in [1.54, 1.807) is 12.1 Å². The summed E-state index contributed by atoms with van der Waals surface area (Å²) in [5.41, 5.74) is 0.315. The number of hydrogen-bond donors (Lipinski definition) is 0. The minimum Gasteiger partial charge on any atom is -0.493 e. The molecule has 0 aliphatic rings. The number of benzene rings is 1. The van der Waals surface area contributed by atoms with Crippen LogP contribution in [0.2, 0.25) is 0 Å². The number of nitrogens with zero attached hydrogens (tertiary/aromatic N) is 2. The third-order valence-electron chi connectivity index (χ3n) is 2.13. The van der Waals surface area contributed by atoms with Gasteiger partial charge in [0, 0.05) is 0 Å². The van der Waals surface area contributed by atoms with Gasteiger partial charge in [-0.2, -0.15) is 23.7 Å². The first-order valence-electron chi connectivity index (χ1n) is 5.29. The molecule has 0 aromatic heterocycles. The molecule has 0 atom stereocenters. The van der Waals surface area contributed by atoms with Gasteiger partial charge in [0.05, 0.1) is 7.11 Å². The Kier molecular flexibility index (Phi) is 4.99. The SMILES string of the molecule is COc1cc(C=C(C#N)C#N)ccc1OCC(F)(F)F. The normalized spacial score (nSPS) is 10.1. The van der Waals surface area contributed by atoms with Crippen LogP contribution in [0.4, 0.5) is 13.2 Å². The van der Waals surface area contributed by atoms with Gasteiger partial charge in [0.1, 0.15) is 17.7 Å². The molecule has 1 aromatic rings. The highest BCUT2D eigenvalue weighted by molar-refractivity contribution is 5.64. The minimum atomic E-state index is -4.45. The predicted octanol–water partition coefficient (Wildman–Crippen LogP) is 3.07. The second-order valence-corrected chi connectivity index (χ2v) is 3.60. The zero-order valence-corrected chi connectivity index (χ0v) is 10.4. The minimum absolute atomic E-state index is 0.0718. The van der Waals surface area contributed by atoms with Crippen molar-refractivity contribution in [2.45, 2.75) is 6.18 Å². The number of methoxy groups -OCH3 is 1. The summed E-state index contributed by atoms with van der Waals surface area (Å²) < 4.78 is 45.7. The van der Waals surface area contributed by atoms with Crippen LogP contribution >= 0.6 is 0 Å². The molecule has 0 bridgehead atoms. The van der Waals surface area contributed by atoms with Crippen LogP contribution in [0, 0.1) is 22.7 Å². The number of nitriles is 2. The monoisotopic (exact) mass is 282 g/mol. The molecule has 1 aromatic carbocycles. The lowest BCUT2D eigenvalue weighted by Crippen LogP contribution is -2.19. The van der Waals surface area contributed by atoms with Crippen molar-refractivity contribution in [1.29, 1.82) is 10.5 Å². The number of allylic oxidation sites excluding steroid dienone is 1. The molecular formula is C13H9F3N2O2. The van der Waals surface area contributed by atoms with Crippen molar-refractivity contribution in [3.63, 3.8) is 0 Å². The van der Waals surface area contributed by atoms with Gasteiger partial charge in [-0.25, -0.2) is 0 Å². The van der Waals surface area contributed by atoms with E-state index in [1.165, 1.54) is 31.4 Å². The molecule has 1 rings (SSSR count). The molecule has 0 aliphatic carbocycles. The molecule has 0 amide bonds. The van der Waals surface area contributed by atoms with Gasteiger partial charge in [0.25, 0.3) is 0 Å². The second kappa shape index (κ2) is 6.48. The molecule has 0 unspecified atom stereocenters. The number of ether oxygens (including phenoxy) is 2. The highest BCUT2D eigenvalue weighted by Gasteiger charge is 2.28. The molecule has 0 aliphatic heterocycles. The summed E-state index contributed by atoms with van der Waals surface area (Å²) in [5.74, 6) is 0.00988. The smallest absolute Gasteiger partial charge is 0.422 e. The van der Waals surface area contributed by atoms with Crippen molar-refractivity contribution < 1.29 is 22.6 Å². The summed E-state index contributed by atoms with van der Waals surface area (Å²) >= 11 is 0. The summed E-state index contributed by atoms with van der Waals surface area (Å²) in [6.45, 7) is -1.43. The Labute approximate surface area is 113 Å². The van der Waals surface area contributed by atoms with E-state index >= 15 is 0 Å². The van der Waals surface area contributed by atoms with Crippen molar-refractivity contribution in [3.05, 3.63) is 29.3 Å². The highest BCUT2D eigenvalue weighted by Crippen LogP contribution is 2.30. The lowest BCUT2D eigenvalue weighted by Gasteiger charge is -2.12. The van der Waals surface area contributed by atoms with E-state index in [1.807, 2.05) is 0 Å². The Morgan fingerprint density at radius 1 is 1.25 bits per heavy atom. The van der Waals surface area contributed by atoms with E-state index in [0.717, 1.165) is 0 Å². The lowest BCUT2D eigenvalue weighted by molar-refractivity contribution is -0.153. The molecular weight excluding hydrogens is 273 g/mol. The van der Waals surface area contributed by atoms with E-state index in [-0.39, 0.29) is 17.1 Å². The zero-order chi connectivity index (χ0) is 15.2. The van der Waals surface area contributed by atoms with Crippen molar-refractivity contribution in [3.8, 4) is 23.6 Å². The zero-order valence-electron chi connectivity index (χ0n) is 10.4. The Balaban J connectivity index is 3.01. The van der Waals surface area contributed by atoms with Crippen LogP contribution in [0.3, 0.4) is 0 Å². The Bertz CT molecular complexity index is 579. The van der Waals surface area contributed by atoms with Crippen LogP contribution < -0.4 is 9.47 Å². The fourth-order valence-electron chi connectivity index (χ4n) is 1.31. The first-order valence-corrected chi connectivity index (χ1v) is 5.29. The van der Waals surface area contributed by atoms with Crippen molar-refractivity contribution in [2.75, 3.05) is 13.7 Å². The molecule has 0 saturated heterocycles. The van der Waals surface area contributed by atoms with Gasteiger partial charge >= 0.3 is 6.18 Å². The molecule has 0 fully saturated rings. The maximum atomic E-state index is 12.1. The van der Waals surface area contributed by atoms with E-state index < -0.39 is 12.8 Å². The average Bonchev–Trinajstić information content (AvgIpc) is 2.42. The van der Waals surface area contributed by atoms with Crippen LogP contribution in [-0.4, -0.2) is 19.9 Å². The van der Waals surface area contributed by atoms with E-state index in [2.05, 4.69) is 4.74 Å². The molecule has 7 heteroatoms. The van der Waals surface area contributed by atoms with Gasteiger partial charge < -0.3 is 9.47 Å². The quantitative estimate of drug-likeness (QED) is 0.796. The first kappa shape index (κ1) is 15.4. The predicted molar refractivity (Wildman–Crippen MR) is 63.7 cm³/mol. The van der Waals surface area contributed by atoms with Crippen LogP contribution in [0.15, 0.2) is 23.8 Å². The summed E-state index contributed by atoms with van der Waals surface area (Å²) in [4.78, 5) is 0. The van der Waals surface area contributed by atoms with E-state index in [9.17, 15) is 13.2 Å². The van der Waals surface area contributed by atoms with Gasteiger partial charge in [-0.3, -0.25) is 0 Å². The van der Waals surface area contributed by atoms with Gasteiger partial charge in [0.15, 0.2) is 18.1 Å². The Hall–Kier alpha value is -2.67. The standard InChI is InChI=1S/C13H9F3N2O2/c1-19-12-5-9(4-10(6-17)7-18)2-3-11(12)20-8-13(14,15)16/h2-5H,8H2,1H3. The van der Waals surface area contributed by atoms with Crippen LogP contribution in [0.5, 0.6) is 11.5 Å². The highest BCUT2D eigenvalue weighted by atomic mass is 19.4. The number of hydrogen-bond acceptors (Lipinski definition) is 4. The van der Waals surface area contributed by atoms with E-state index in [0.29, 0.717) is 5.56 Å². The van der Waals surface area contributed by atoms with Crippen LogP contribution in [-0.2, 0) is 0 Å². The van der Waals surface area contributed by atoms with Crippen molar-refractivity contribution >= 4 is 6.08 Å². The summed E-state index contributed by atoms with van der Waals surface area (Å²) in [6, 6.07) is 7.43. The van der Waals surface area contributed by atoms with Gasteiger partial charge in [-0.05, 0) is 23.8 Å². The topological polar surface area (TPSA) is 66.0 Å². The molecule has 0 radical (unpaired) electrons. The maximum absolute atomic E-state index is 12.1. The van der Waals surface area contributed by atoms with Gasteiger partial charge in [-0.15, -0.1) is 0 Å². The lowest BCUT2D eigenvalue weighted by atomic mass is 10.1. The van der Waals surface area contributed by atoms with Crippen LogP contribution in [0.1, 0.15) is 5.56 Å². The van der Waals surface area contributed by atoms with E-state index in [4.69, 9.17) is 15.3 Å². The number of rotatable bonds is 4. The summed E-state index contributed by atoms with van der Waals surface area (Å²) in [6.07, 6.45) is -3.16. The molecule has 0 N–H and O–H groups in total. The first-order chi connectivity index (χ1) is 9.39. The Morgan fingerprint density at radius 3 is 2.40 bits per heavy atom. The number of halogens is 3. The molecule has 0 saturated carbocycles. The third-order valence-corrected chi connectivity index (χ3v) is 2.13.